The number of rotatable bonds is 2. The summed E-state index contributed by atoms with van der Waals surface area (Å²) in [5.74, 6) is 0. The minimum absolute atomic E-state index is 0.432. The Morgan fingerprint density at radius 3 is 2.75 bits per heavy atom. The fourth-order valence-corrected chi connectivity index (χ4v) is 1.78. The van der Waals surface area contributed by atoms with Crippen molar-refractivity contribution >= 4 is 11.3 Å². The Bertz CT molecular complexity index is 307. The number of aryl methyl sites for hydroxylation is 1. The van der Waals surface area contributed by atoms with Crippen LogP contribution in [0.25, 0.3) is 0 Å². The van der Waals surface area contributed by atoms with Crippen LogP contribution in [0.15, 0.2) is 5.38 Å². The largest absolute Gasteiger partial charge is 0.245 e. The predicted octanol–water partition coefficient (Wildman–Crippen LogP) is 2.51. The van der Waals surface area contributed by atoms with Crippen LogP contribution in [0.5, 0.6) is 0 Å². The highest BCUT2D eigenvalue weighted by Gasteiger charge is 2.23. The monoisotopic (exact) mass is 180 g/mol. The van der Waals surface area contributed by atoms with Crippen molar-refractivity contribution in [2.45, 2.75) is 32.6 Å². The molecule has 3 heteroatoms. The second kappa shape index (κ2) is 3.24. The lowest BCUT2D eigenvalue weighted by Gasteiger charge is -2.09. The molecule has 0 unspecified atom stereocenters. The third-order valence-corrected chi connectivity index (χ3v) is 2.94. The molecule has 1 aromatic rings. The van der Waals surface area contributed by atoms with Gasteiger partial charge in [0, 0.05) is 5.38 Å². The van der Waals surface area contributed by atoms with Gasteiger partial charge in [-0.1, -0.05) is 6.92 Å². The van der Waals surface area contributed by atoms with Crippen molar-refractivity contribution in [3.63, 3.8) is 0 Å². The van der Waals surface area contributed by atoms with E-state index in [1.54, 1.807) is 11.3 Å². The number of nitriles is 1. The Morgan fingerprint density at radius 1 is 1.67 bits per heavy atom. The van der Waals surface area contributed by atoms with E-state index < -0.39 is 5.41 Å². The maximum atomic E-state index is 8.85. The first-order chi connectivity index (χ1) is 5.60. The first-order valence-corrected chi connectivity index (χ1v) is 4.84. The van der Waals surface area contributed by atoms with Crippen LogP contribution >= 0.6 is 11.3 Å². The smallest absolute Gasteiger partial charge is 0.113 e. The summed E-state index contributed by atoms with van der Waals surface area (Å²) in [6.45, 7) is 5.86. The molecule has 0 bridgehead atoms. The summed E-state index contributed by atoms with van der Waals surface area (Å²) < 4.78 is 0. The first kappa shape index (κ1) is 9.21. The summed E-state index contributed by atoms with van der Waals surface area (Å²) in [6.07, 6.45) is 0.942. The molecule has 64 valence electrons. The fourth-order valence-electron chi connectivity index (χ4n) is 0.804. The Hall–Kier alpha value is -0.880. The molecule has 0 spiro atoms. The van der Waals surface area contributed by atoms with E-state index in [-0.39, 0.29) is 0 Å². The van der Waals surface area contributed by atoms with Crippen LogP contribution < -0.4 is 0 Å². The zero-order valence-electron chi connectivity index (χ0n) is 7.59. The maximum absolute atomic E-state index is 8.85. The first-order valence-electron chi connectivity index (χ1n) is 3.96. The highest BCUT2D eigenvalue weighted by atomic mass is 32.1. The summed E-state index contributed by atoms with van der Waals surface area (Å²) in [5, 5.41) is 11.8. The summed E-state index contributed by atoms with van der Waals surface area (Å²) in [4.78, 5) is 4.37. The van der Waals surface area contributed by atoms with Gasteiger partial charge in [0.25, 0.3) is 0 Å². The van der Waals surface area contributed by atoms with Gasteiger partial charge in [0.2, 0.25) is 0 Å². The summed E-state index contributed by atoms with van der Waals surface area (Å²) in [6, 6.07) is 2.24. The van der Waals surface area contributed by atoms with Gasteiger partial charge >= 0.3 is 0 Å². The highest BCUT2D eigenvalue weighted by molar-refractivity contribution is 7.09. The van der Waals surface area contributed by atoms with Crippen molar-refractivity contribution < 1.29 is 0 Å². The normalized spacial score (nSPS) is 11.2. The van der Waals surface area contributed by atoms with Gasteiger partial charge in [-0.2, -0.15) is 5.26 Å². The average Bonchev–Trinajstić information content (AvgIpc) is 2.52. The van der Waals surface area contributed by atoms with Crippen molar-refractivity contribution in [2.24, 2.45) is 0 Å². The molecule has 0 N–H and O–H groups in total. The fraction of sp³-hybridized carbons (Fsp3) is 0.556. The van der Waals surface area contributed by atoms with Crippen LogP contribution in [-0.2, 0) is 11.8 Å². The minimum atomic E-state index is -0.432. The van der Waals surface area contributed by atoms with E-state index in [1.807, 2.05) is 19.2 Å². The van der Waals surface area contributed by atoms with Gasteiger partial charge in [-0.25, -0.2) is 4.98 Å². The number of nitrogens with zero attached hydrogens (tertiary/aromatic N) is 2. The number of thiazole rings is 1. The van der Waals surface area contributed by atoms with E-state index in [0.717, 1.165) is 17.1 Å². The molecule has 0 saturated carbocycles. The molecule has 0 aliphatic heterocycles. The second-order valence-electron chi connectivity index (χ2n) is 3.23. The van der Waals surface area contributed by atoms with E-state index in [4.69, 9.17) is 5.26 Å². The molecule has 0 aliphatic rings. The van der Waals surface area contributed by atoms with Crippen LogP contribution in [0, 0.1) is 11.3 Å². The Labute approximate surface area is 76.9 Å². The van der Waals surface area contributed by atoms with E-state index in [0.29, 0.717) is 0 Å². The lowest BCUT2D eigenvalue weighted by atomic mass is 9.97. The molecule has 0 fully saturated rings. The second-order valence-corrected chi connectivity index (χ2v) is 4.09. The van der Waals surface area contributed by atoms with Gasteiger partial charge in [0.15, 0.2) is 0 Å². The Morgan fingerprint density at radius 2 is 2.33 bits per heavy atom. The summed E-state index contributed by atoms with van der Waals surface area (Å²) in [5.41, 5.74) is 0.649. The molecule has 0 saturated heterocycles. The third kappa shape index (κ3) is 1.64. The lowest BCUT2D eigenvalue weighted by Crippen LogP contribution is -2.13. The van der Waals surface area contributed by atoms with Crippen molar-refractivity contribution in [3.8, 4) is 6.07 Å². The summed E-state index contributed by atoms with van der Waals surface area (Å²) in [7, 11) is 0. The number of hydrogen-bond donors (Lipinski definition) is 0. The molecule has 1 heterocycles. The predicted molar refractivity (Wildman–Crippen MR) is 50.1 cm³/mol. The SMILES string of the molecule is CCc1csc(C(C)(C)C#N)n1. The number of aromatic nitrogens is 1. The Kier molecular flexibility index (Phi) is 2.49. The van der Waals surface area contributed by atoms with Crippen molar-refractivity contribution in [3.05, 3.63) is 16.1 Å². The van der Waals surface area contributed by atoms with Crippen molar-refractivity contribution in [2.75, 3.05) is 0 Å². The molecule has 1 rings (SSSR count). The van der Waals surface area contributed by atoms with Gasteiger partial charge in [-0.3, -0.25) is 0 Å². The van der Waals surface area contributed by atoms with Gasteiger partial charge in [-0.05, 0) is 20.3 Å². The van der Waals surface area contributed by atoms with Crippen molar-refractivity contribution in [1.82, 2.24) is 4.98 Å². The van der Waals surface area contributed by atoms with E-state index in [2.05, 4.69) is 18.0 Å². The lowest BCUT2D eigenvalue weighted by molar-refractivity contribution is 0.676. The molecule has 1 aromatic heterocycles. The van der Waals surface area contributed by atoms with Crippen LogP contribution in [0.4, 0.5) is 0 Å². The van der Waals surface area contributed by atoms with Gasteiger partial charge < -0.3 is 0 Å². The van der Waals surface area contributed by atoms with Gasteiger partial charge in [-0.15, -0.1) is 11.3 Å². The molecule has 2 nitrogen and oxygen atoms in total. The van der Waals surface area contributed by atoms with Crippen LogP contribution in [0.2, 0.25) is 0 Å². The van der Waals surface area contributed by atoms with Crippen molar-refractivity contribution in [1.29, 1.82) is 5.26 Å². The quantitative estimate of drug-likeness (QED) is 0.701. The third-order valence-electron chi connectivity index (χ3n) is 1.73. The molecule has 0 aromatic carbocycles. The topological polar surface area (TPSA) is 36.7 Å². The summed E-state index contributed by atoms with van der Waals surface area (Å²) >= 11 is 1.57. The van der Waals surface area contributed by atoms with Gasteiger partial charge in [0.1, 0.15) is 10.4 Å². The maximum Gasteiger partial charge on any atom is 0.113 e. The molecule has 0 radical (unpaired) electrons. The highest BCUT2D eigenvalue weighted by Crippen LogP contribution is 2.25. The van der Waals surface area contributed by atoms with Crippen LogP contribution in [-0.4, -0.2) is 4.98 Å². The number of hydrogen-bond acceptors (Lipinski definition) is 3. The standard InChI is InChI=1S/C9H12N2S/c1-4-7-5-12-8(11-7)9(2,3)6-10/h5H,4H2,1-3H3. The van der Waals surface area contributed by atoms with E-state index in [9.17, 15) is 0 Å². The minimum Gasteiger partial charge on any atom is -0.245 e. The molecule has 0 amide bonds. The van der Waals surface area contributed by atoms with Crippen LogP contribution in [0.3, 0.4) is 0 Å². The van der Waals surface area contributed by atoms with E-state index >= 15 is 0 Å². The molecule has 0 atom stereocenters. The molecule has 0 aliphatic carbocycles. The molecule has 12 heavy (non-hydrogen) atoms. The average molecular weight is 180 g/mol. The zero-order chi connectivity index (χ0) is 9.19. The van der Waals surface area contributed by atoms with E-state index in [1.165, 1.54) is 0 Å². The Balaban J connectivity index is 2.98. The zero-order valence-corrected chi connectivity index (χ0v) is 8.40. The van der Waals surface area contributed by atoms with Gasteiger partial charge in [0.05, 0.1) is 11.8 Å². The molecular weight excluding hydrogens is 168 g/mol. The van der Waals surface area contributed by atoms with Crippen LogP contribution in [0.1, 0.15) is 31.5 Å². The molecular formula is C9H12N2S.